The smallest absolute Gasteiger partial charge is 0.164 e. The summed E-state index contributed by atoms with van der Waals surface area (Å²) in [6.07, 6.45) is 3.89. The topological polar surface area (TPSA) is 56.5 Å². The maximum Gasteiger partial charge on any atom is 0.164 e. The molecule has 11 aromatic rings. The molecule has 3 aromatic heterocycles. The van der Waals surface area contributed by atoms with E-state index in [0.29, 0.717) is 17.5 Å². The molecule has 14 rings (SSSR count). The molecule has 0 saturated heterocycles. The highest BCUT2D eigenvalue weighted by atomic mass is 15.0. The fourth-order valence-corrected chi connectivity index (χ4v) is 10.4. The molecule has 64 heavy (non-hydrogen) atoms. The normalized spacial score (nSPS) is 14.6. The van der Waals surface area contributed by atoms with Crippen molar-refractivity contribution in [2.24, 2.45) is 0 Å². The van der Waals surface area contributed by atoms with Crippen molar-refractivity contribution in [2.45, 2.75) is 18.8 Å². The van der Waals surface area contributed by atoms with Gasteiger partial charge in [-0.3, -0.25) is 4.98 Å². The number of aromatic nitrogens is 5. The van der Waals surface area contributed by atoms with Crippen molar-refractivity contribution in [3.63, 3.8) is 0 Å². The van der Waals surface area contributed by atoms with Gasteiger partial charge in [-0.2, -0.15) is 0 Å². The Kier molecular flexibility index (Phi) is 8.19. The van der Waals surface area contributed by atoms with Gasteiger partial charge in [-0.15, -0.1) is 0 Å². The fourth-order valence-electron chi connectivity index (χ4n) is 10.4. The molecule has 0 N–H and O–H groups in total. The van der Waals surface area contributed by atoms with Gasteiger partial charge in [-0.05, 0) is 117 Å². The van der Waals surface area contributed by atoms with E-state index in [2.05, 4.69) is 192 Å². The van der Waals surface area contributed by atoms with E-state index in [1.807, 2.05) is 30.6 Å². The predicted molar refractivity (Wildman–Crippen MR) is 259 cm³/mol. The first kappa shape index (κ1) is 36.4. The summed E-state index contributed by atoms with van der Waals surface area (Å²) in [5.41, 5.74) is 20.5. The Morgan fingerprint density at radius 3 is 1.52 bits per heavy atom. The van der Waals surface area contributed by atoms with Crippen LogP contribution in [0.2, 0.25) is 0 Å². The molecule has 300 valence electrons. The average Bonchev–Trinajstić information content (AvgIpc) is 3.70. The van der Waals surface area contributed by atoms with Crippen molar-refractivity contribution in [2.75, 3.05) is 0 Å². The molecule has 3 heterocycles. The lowest BCUT2D eigenvalue weighted by Gasteiger charge is -2.42. The number of hydrogen-bond acceptors (Lipinski definition) is 4. The average molecular weight is 818 g/mol. The summed E-state index contributed by atoms with van der Waals surface area (Å²) in [6.45, 7) is 2.11. The van der Waals surface area contributed by atoms with Crippen molar-refractivity contribution in [3.05, 3.63) is 245 Å². The largest absolute Gasteiger partial charge is 0.309 e. The lowest BCUT2D eigenvalue weighted by Crippen LogP contribution is -2.27. The number of fused-ring (bicyclic) bond motifs is 3. The molecule has 2 bridgehead atoms. The summed E-state index contributed by atoms with van der Waals surface area (Å²) in [6, 6.07) is 70.0. The number of aryl methyl sites for hydroxylation is 1. The van der Waals surface area contributed by atoms with Gasteiger partial charge in [0.25, 0.3) is 0 Å². The maximum atomic E-state index is 5.18. The summed E-state index contributed by atoms with van der Waals surface area (Å²) in [4.78, 5) is 19.9. The van der Waals surface area contributed by atoms with Gasteiger partial charge in [0.2, 0.25) is 0 Å². The third kappa shape index (κ3) is 5.78. The van der Waals surface area contributed by atoms with Crippen LogP contribution in [0.5, 0.6) is 0 Å². The molecule has 5 nitrogen and oxygen atoms in total. The van der Waals surface area contributed by atoms with Crippen LogP contribution in [-0.2, 0) is 0 Å². The highest BCUT2D eigenvalue weighted by Crippen LogP contribution is 2.56. The summed E-state index contributed by atoms with van der Waals surface area (Å²) < 4.78 is 2.33. The second-order valence-corrected chi connectivity index (χ2v) is 17.1. The molecular weight excluding hydrogens is 779 g/mol. The quantitative estimate of drug-likeness (QED) is 0.168. The molecule has 5 heteroatoms. The molecule has 0 amide bonds. The van der Waals surface area contributed by atoms with E-state index in [-0.39, 0.29) is 11.8 Å². The Labute approximate surface area is 371 Å². The highest BCUT2D eigenvalue weighted by Gasteiger charge is 2.41. The van der Waals surface area contributed by atoms with Gasteiger partial charge >= 0.3 is 0 Å². The number of nitrogens with zero attached hydrogens (tertiary/aromatic N) is 5. The molecule has 3 aliphatic carbocycles. The van der Waals surface area contributed by atoms with Crippen molar-refractivity contribution in [1.82, 2.24) is 24.5 Å². The predicted octanol–water partition coefficient (Wildman–Crippen LogP) is 14.0. The first-order valence-electron chi connectivity index (χ1n) is 21.9. The van der Waals surface area contributed by atoms with E-state index in [1.54, 1.807) is 0 Å². The third-order valence-corrected chi connectivity index (χ3v) is 13.3. The van der Waals surface area contributed by atoms with Crippen molar-refractivity contribution in [3.8, 4) is 62.1 Å². The number of benzene rings is 8. The number of pyridine rings is 1. The minimum atomic E-state index is 0.171. The van der Waals surface area contributed by atoms with Crippen molar-refractivity contribution < 1.29 is 0 Å². The minimum Gasteiger partial charge on any atom is -0.309 e. The molecule has 2 atom stereocenters. The van der Waals surface area contributed by atoms with Crippen LogP contribution in [0.25, 0.3) is 83.9 Å². The molecule has 0 aliphatic heterocycles. The number of hydrogen-bond donors (Lipinski definition) is 0. The molecule has 0 radical (unpaired) electrons. The van der Waals surface area contributed by atoms with E-state index < -0.39 is 0 Å². The Bertz CT molecular complexity index is 3630. The molecule has 2 unspecified atom stereocenters. The van der Waals surface area contributed by atoms with E-state index in [1.165, 1.54) is 55.5 Å². The van der Waals surface area contributed by atoms with Gasteiger partial charge in [0.15, 0.2) is 17.5 Å². The molecule has 0 fully saturated rings. The van der Waals surface area contributed by atoms with Crippen molar-refractivity contribution >= 4 is 21.8 Å². The van der Waals surface area contributed by atoms with Crippen LogP contribution < -0.4 is 0 Å². The zero-order valence-electron chi connectivity index (χ0n) is 35.0. The second kappa shape index (κ2) is 14.4. The monoisotopic (exact) mass is 817 g/mol. The van der Waals surface area contributed by atoms with E-state index in [0.717, 1.165) is 49.9 Å². The van der Waals surface area contributed by atoms with Crippen LogP contribution in [0, 0.1) is 6.92 Å². The third-order valence-electron chi connectivity index (χ3n) is 13.3. The van der Waals surface area contributed by atoms with Gasteiger partial charge in [-0.1, -0.05) is 140 Å². The summed E-state index contributed by atoms with van der Waals surface area (Å²) in [5, 5.41) is 2.34. The van der Waals surface area contributed by atoms with E-state index in [9.17, 15) is 0 Å². The van der Waals surface area contributed by atoms with Crippen LogP contribution in [0.3, 0.4) is 0 Å². The first-order valence-corrected chi connectivity index (χ1v) is 21.9. The summed E-state index contributed by atoms with van der Waals surface area (Å²) in [7, 11) is 0. The van der Waals surface area contributed by atoms with Crippen molar-refractivity contribution in [1.29, 1.82) is 0 Å². The van der Waals surface area contributed by atoms with Crippen LogP contribution in [0.15, 0.2) is 207 Å². The van der Waals surface area contributed by atoms with Crippen LogP contribution in [0.4, 0.5) is 0 Å². The highest BCUT2D eigenvalue weighted by molar-refractivity contribution is 6.10. The van der Waals surface area contributed by atoms with Gasteiger partial charge < -0.3 is 4.57 Å². The number of rotatable bonds is 6. The van der Waals surface area contributed by atoms with Gasteiger partial charge in [0.1, 0.15) is 0 Å². The lowest BCUT2D eigenvalue weighted by molar-refractivity contribution is 0.755. The first-order chi connectivity index (χ1) is 31.6. The van der Waals surface area contributed by atoms with Crippen LogP contribution in [0.1, 0.15) is 50.8 Å². The maximum absolute atomic E-state index is 5.18. The van der Waals surface area contributed by atoms with E-state index >= 15 is 0 Å². The Morgan fingerprint density at radius 2 is 0.844 bits per heavy atom. The van der Waals surface area contributed by atoms with Gasteiger partial charge in [0, 0.05) is 62.9 Å². The number of para-hydroxylation sites is 2. The van der Waals surface area contributed by atoms with Crippen LogP contribution >= 0.6 is 0 Å². The van der Waals surface area contributed by atoms with Gasteiger partial charge in [0.05, 0.1) is 11.0 Å². The standard InChI is InChI=1S/C59H39N5/c1-36-30-43(35-60-34-36)41-25-28-49-52(32-41)56-47-18-9-8-17-46(47)55(49)51-31-40(24-27-48(51)56)37-20-22-39(23-21-37)58-61-57(38-12-4-2-5-13-38)62-59(63-58)42-26-29-54-50(33-42)45-16-10-11-19-53(45)64(54)44-14-6-3-7-15-44/h2-35,55-56H,1H3. The Balaban J connectivity index is 0.880. The molecule has 0 spiro atoms. The molecule has 0 saturated carbocycles. The molecular formula is C59H39N5. The fraction of sp³-hybridized carbons (Fsp3) is 0.0508. The molecule has 8 aromatic carbocycles. The Hall–Kier alpha value is -8.28. The second-order valence-electron chi connectivity index (χ2n) is 17.1. The Morgan fingerprint density at radius 1 is 0.344 bits per heavy atom. The lowest BCUT2D eigenvalue weighted by atomic mass is 9.60. The zero-order valence-corrected chi connectivity index (χ0v) is 35.0. The van der Waals surface area contributed by atoms with E-state index in [4.69, 9.17) is 15.0 Å². The summed E-state index contributed by atoms with van der Waals surface area (Å²) in [5.74, 6) is 2.27. The SMILES string of the molecule is Cc1cncc(-c2ccc3c(c2)C2c4ccccc4C3c3cc(-c4ccc(-c5nc(-c6ccccc6)nc(-c6ccc7c(c6)c6ccccc6n7-c6ccccc6)n5)cc4)ccc32)c1. The summed E-state index contributed by atoms with van der Waals surface area (Å²) >= 11 is 0. The zero-order chi connectivity index (χ0) is 42.3. The van der Waals surface area contributed by atoms with Crippen LogP contribution in [-0.4, -0.2) is 24.5 Å². The minimum absolute atomic E-state index is 0.171. The van der Waals surface area contributed by atoms with Gasteiger partial charge in [-0.25, -0.2) is 15.0 Å². The molecule has 3 aliphatic rings.